The van der Waals surface area contributed by atoms with Crippen molar-refractivity contribution in [2.24, 2.45) is 0 Å². The zero-order valence-electron chi connectivity index (χ0n) is 16.5. The quantitative estimate of drug-likeness (QED) is 0.628. The summed E-state index contributed by atoms with van der Waals surface area (Å²) in [5.41, 5.74) is 6.07. The van der Waals surface area contributed by atoms with E-state index in [1.807, 2.05) is 18.2 Å². The van der Waals surface area contributed by atoms with E-state index in [2.05, 4.69) is 52.7 Å². The molecule has 4 nitrogen and oxygen atoms in total. The molecule has 0 aliphatic carbocycles. The predicted molar refractivity (Wildman–Crippen MR) is 116 cm³/mol. The fourth-order valence-electron chi connectivity index (χ4n) is 4.64. The van der Waals surface area contributed by atoms with E-state index in [1.54, 1.807) is 14.2 Å². The summed E-state index contributed by atoms with van der Waals surface area (Å²) in [5.74, 6) is 1.54. The molecule has 1 N–H and O–H groups in total. The molecule has 0 bridgehead atoms. The normalized spacial score (nSPS) is 20.1. The second kappa shape index (κ2) is 7.29. The summed E-state index contributed by atoms with van der Waals surface area (Å²) in [6, 6.07) is 21.0. The first-order valence-corrected chi connectivity index (χ1v) is 10.2. The molecule has 2 unspecified atom stereocenters. The minimum absolute atomic E-state index is 0.00449. The Morgan fingerprint density at radius 3 is 2.34 bits per heavy atom. The van der Waals surface area contributed by atoms with Crippen LogP contribution in [0, 0.1) is 0 Å². The van der Waals surface area contributed by atoms with Crippen LogP contribution in [-0.2, 0) is 6.42 Å². The fourth-order valence-corrected chi connectivity index (χ4v) is 4.88. The average Bonchev–Trinajstić information content (AvgIpc) is 2.77. The lowest BCUT2D eigenvalue weighted by atomic mass is 9.84. The highest BCUT2D eigenvalue weighted by molar-refractivity contribution is 6.31. The number of hydrogen-bond acceptors (Lipinski definition) is 4. The number of anilines is 1. The highest BCUT2D eigenvalue weighted by atomic mass is 35.5. The largest absolute Gasteiger partial charge is 0.493 e. The molecule has 0 saturated heterocycles. The molecule has 0 spiro atoms. The van der Waals surface area contributed by atoms with Gasteiger partial charge < -0.3 is 14.8 Å². The van der Waals surface area contributed by atoms with Gasteiger partial charge in [0, 0.05) is 22.8 Å². The van der Waals surface area contributed by atoms with Gasteiger partial charge in [-0.1, -0.05) is 48.0 Å². The molecule has 5 heteroatoms. The fraction of sp³-hybridized carbons (Fsp3) is 0.250. The first kappa shape index (κ1) is 18.3. The second-order valence-electron chi connectivity index (χ2n) is 7.45. The summed E-state index contributed by atoms with van der Waals surface area (Å²) in [6.07, 6.45) is 0.946. The third-order valence-corrected chi connectivity index (χ3v) is 6.33. The third kappa shape index (κ3) is 2.95. The van der Waals surface area contributed by atoms with Crippen LogP contribution in [0.25, 0.3) is 0 Å². The van der Waals surface area contributed by atoms with Gasteiger partial charge in [0.05, 0.1) is 20.3 Å². The Hall–Kier alpha value is -2.69. The molecular weight excluding hydrogens is 384 g/mol. The van der Waals surface area contributed by atoms with Gasteiger partial charge in [-0.15, -0.1) is 0 Å². The van der Waals surface area contributed by atoms with Crippen molar-refractivity contribution in [1.29, 1.82) is 0 Å². The maximum Gasteiger partial charge on any atom is 0.161 e. The second-order valence-corrected chi connectivity index (χ2v) is 7.86. The number of fused-ring (bicyclic) bond motifs is 5. The first-order chi connectivity index (χ1) is 14.2. The Bertz CT molecular complexity index is 1070. The molecule has 148 valence electrons. The predicted octanol–water partition coefficient (Wildman–Crippen LogP) is 5.43. The maximum absolute atomic E-state index is 6.60. The summed E-state index contributed by atoms with van der Waals surface area (Å²) in [5, 5.41) is 4.50. The van der Waals surface area contributed by atoms with Gasteiger partial charge >= 0.3 is 0 Å². The average molecular weight is 407 g/mol. The molecule has 0 aromatic heterocycles. The zero-order chi connectivity index (χ0) is 20.0. The molecule has 0 fully saturated rings. The Balaban J connectivity index is 1.70. The van der Waals surface area contributed by atoms with Crippen LogP contribution in [0.4, 0.5) is 5.69 Å². The summed E-state index contributed by atoms with van der Waals surface area (Å²) < 4.78 is 11.2. The van der Waals surface area contributed by atoms with Crippen LogP contribution >= 0.6 is 11.6 Å². The molecule has 3 aromatic rings. The SMILES string of the molecule is COc1cc2c(cc1OC)C1c3ccccc3NC(c3ccccc3Cl)N1CC2. The van der Waals surface area contributed by atoms with Crippen molar-refractivity contribution in [2.75, 3.05) is 26.1 Å². The van der Waals surface area contributed by atoms with Gasteiger partial charge in [-0.25, -0.2) is 0 Å². The summed E-state index contributed by atoms with van der Waals surface area (Å²) in [7, 11) is 3.38. The lowest BCUT2D eigenvalue weighted by molar-refractivity contribution is 0.153. The Morgan fingerprint density at radius 2 is 1.59 bits per heavy atom. The molecule has 3 aromatic carbocycles. The van der Waals surface area contributed by atoms with Crippen LogP contribution in [0.15, 0.2) is 60.7 Å². The summed E-state index contributed by atoms with van der Waals surface area (Å²) in [6.45, 7) is 0.921. The third-order valence-electron chi connectivity index (χ3n) is 5.99. The lowest BCUT2D eigenvalue weighted by Crippen LogP contribution is -2.45. The van der Waals surface area contributed by atoms with E-state index in [-0.39, 0.29) is 12.2 Å². The number of rotatable bonds is 3. The molecule has 29 heavy (non-hydrogen) atoms. The smallest absolute Gasteiger partial charge is 0.161 e. The molecule has 2 aliphatic heterocycles. The van der Waals surface area contributed by atoms with Crippen molar-refractivity contribution in [3.63, 3.8) is 0 Å². The van der Waals surface area contributed by atoms with E-state index < -0.39 is 0 Å². The molecule has 2 aliphatic rings. The molecule has 2 atom stereocenters. The molecule has 0 amide bonds. The standard InChI is InChI=1S/C24H23ClN2O2/c1-28-21-13-15-11-12-27-23(18(15)14-22(21)29-2)17-8-4-6-10-20(17)26-24(27)16-7-3-5-9-19(16)25/h3-10,13-14,23-24,26H,11-12H2,1-2H3. The minimum atomic E-state index is 0.00449. The highest BCUT2D eigenvalue weighted by Crippen LogP contribution is 2.49. The summed E-state index contributed by atoms with van der Waals surface area (Å²) >= 11 is 6.60. The van der Waals surface area contributed by atoms with Crippen molar-refractivity contribution in [1.82, 2.24) is 4.90 Å². The number of nitrogens with one attached hydrogen (secondary N) is 1. The van der Waals surface area contributed by atoms with Crippen LogP contribution in [-0.4, -0.2) is 25.7 Å². The van der Waals surface area contributed by atoms with Crippen molar-refractivity contribution < 1.29 is 9.47 Å². The number of nitrogens with zero attached hydrogens (tertiary/aromatic N) is 1. The van der Waals surface area contributed by atoms with E-state index in [0.717, 1.165) is 40.7 Å². The van der Waals surface area contributed by atoms with Crippen LogP contribution in [0.2, 0.25) is 5.02 Å². The monoisotopic (exact) mass is 406 g/mol. The van der Waals surface area contributed by atoms with Gasteiger partial charge in [0.2, 0.25) is 0 Å². The zero-order valence-corrected chi connectivity index (χ0v) is 17.2. The van der Waals surface area contributed by atoms with Gasteiger partial charge in [0.25, 0.3) is 0 Å². The maximum atomic E-state index is 6.60. The van der Waals surface area contributed by atoms with Crippen LogP contribution in [0.1, 0.15) is 34.5 Å². The molecule has 0 radical (unpaired) electrons. The van der Waals surface area contributed by atoms with Gasteiger partial charge in [0.15, 0.2) is 11.5 Å². The van der Waals surface area contributed by atoms with Gasteiger partial charge in [-0.3, -0.25) is 4.90 Å². The number of methoxy groups -OCH3 is 2. The molecule has 2 heterocycles. The Morgan fingerprint density at radius 1 is 0.897 bits per heavy atom. The first-order valence-electron chi connectivity index (χ1n) is 9.81. The number of hydrogen-bond donors (Lipinski definition) is 1. The Labute approximate surface area is 176 Å². The number of para-hydroxylation sites is 1. The van der Waals surface area contributed by atoms with Crippen LogP contribution in [0.5, 0.6) is 11.5 Å². The van der Waals surface area contributed by atoms with Crippen LogP contribution < -0.4 is 14.8 Å². The Kier molecular flexibility index (Phi) is 4.61. The molecular formula is C24H23ClN2O2. The lowest BCUT2D eigenvalue weighted by Gasteiger charge is -2.47. The number of ether oxygens (including phenoxy) is 2. The minimum Gasteiger partial charge on any atom is -0.493 e. The summed E-state index contributed by atoms with van der Waals surface area (Å²) in [4.78, 5) is 2.50. The van der Waals surface area contributed by atoms with E-state index in [4.69, 9.17) is 21.1 Å². The van der Waals surface area contributed by atoms with E-state index in [0.29, 0.717) is 0 Å². The van der Waals surface area contributed by atoms with E-state index in [9.17, 15) is 0 Å². The molecule has 5 rings (SSSR count). The topological polar surface area (TPSA) is 33.7 Å². The van der Waals surface area contributed by atoms with E-state index in [1.165, 1.54) is 16.7 Å². The number of benzene rings is 3. The highest BCUT2D eigenvalue weighted by Gasteiger charge is 2.40. The van der Waals surface area contributed by atoms with Crippen molar-refractivity contribution in [2.45, 2.75) is 18.6 Å². The van der Waals surface area contributed by atoms with E-state index >= 15 is 0 Å². The molecule has 0 saturated carbocycles. The van der Waals surface area contributed by atoms with Crippen LogP contribution in [0.3, 0.4) is 0 Å². The van der Waals surface area contributed by atoms with Crippen molar-refractivity contribution in [3.05, 3.63) is 87.9 Å². The van der Waals surface area contributed by atoms with Crippen molar-refractivity contribution >= 4 is 17.3 Å². The van der Waals surface area contributed by atoms with Gasteiger partial charge in [-0.2, -0.15) is 0 Å². The van der Waals surface area contributed by atoms with Crippen molar-refractivity contribution in [3.8, 4) is 11.5 Å². The number of halogens is 1. The van der Waals surface area contributed by atoms with Gasteiger partial charge in [0.1, 0.15) is 6.17 Å². The van der Waals surface area contributed by atoms with Gasteiger partial charge in [-0.05, 0) is 47.4 Å².